The van der Waals surface area contributed by atoms with Crippen LogP contribution in [0, 0.1) is 5.41 Å². The highest BCUT2D eigenvalue weighted by Gasteiger charge is 2.40. The lowest BCUT2D eigenvalue weighted by atomic mass is 10.0. The SMILES string of the molecule is COc1cccc2c1nc([C@H](CCCNC(=N)CCl)NC(=O)c1cccc3c1C(=O)N(C1CC1)C3)n2C. The third-order valence-electron chi connectivity index (χ3n) is 7.09. The van der Waals surface area contributed by atoms with Gasteiger partial charge in [0.2, 0.25) is 0 Å². The number of rotatable bonds is 10. The highest BCUT2D eigenvalue weighted by atomic mass is 35.5. The Morgan fingerprint density at radius 1 is 1.27 bits per heavy atom. The van der Waals surface area contributed by atoms with Crippen molar-refractivity contribution < 1.29 is 14.3 Å². The molecule has 2 amide bonds. The molecule has 1 fully saturated rings. The number of methoxy groups -OCH3 is 1. The van der Waals surface area contributed by atoms with Gasteiger partial charge in [-0.2, -0.15) is 0 Å². The van der Waals surface area contributed by atoms with Crippen molar-refractivity contribution in [3.63, 3.8) is 0 Å². The van der Waals surface area contributed by atoms with Gasteiger partial charge in [-0.25, -0.2) is 4.98 Å². The van der Waals surface area contributed by atoms with E-state index < -0.39 is 6.04 Å². The van der Waals surface area contributed by atoms with E-state index in [-0.39, 0.29) is 29.6 Å². The van der Waals surface area contributed by atoms with Crippen LogP contribution in [0.1, 0.15) is 63.8 Å². The van der Waals surface area contributed by atoms with Crippen LogP contribution < -0.4 is 15.4 Å². The Labute approximate surface area is 220 Å². The smallest absolute Gasteiger partial charge is 0.255 e. The third-order valence-corrected chi connectivity index (χ3v) is 7.35. The highest BCUT2D eigenvalue weighted by molar-refractivity contribution is 6.27. The summed E-state index contributed by atoms with van der Waals surface area (Å²) in [6.07, 6.45) is 3.29. The van der Waals surface area contributed by atoms with E-state index in [1.165, 1.54) is 0 Å². The molecule has 1 aromatic heterocycles. The molecule has 10 heteroatoms. The van der Waals surface area contributed by atoms with Gasteiger partial charge in [0.15, 0.2) is 0 Å². The van der Waals surface area contributed by atoms with Crippen molar-refractivity contribution in [2.24, 2.45) is 7.05 Å². The van der Waals surface area contributed by atoms with Crippen molar-refractivity contribution in [3.8, 4) is 5.75 Å². The zero-order valence-corrected chi connectivity index (χ0v) is 21.8. The molecule has 0 spiro atoms. The minimum Gasteiger partial charge on any atom is -0.494 e. The number of amides is 2. The van der Waals surface area contributed by atoms with Crippen LogP contribution in [0.3, 0.4) is 0 Å². The highest BCUT2D eigenvalue weighted by Crippen LogP contribution is 2.36. The van der Waals surface area contributed by atoms with Crippen LogP contribution in [0.25, 0.3) is 11.0 Å². The summed E-state index contributed by atoms with van der Waals surface area (Å²) >= 11 is 5.71. The molecule has 2 aliphatic rings. The summed E-state index contributed by atoms with van der Waals surface area (Å²) in [7, 11) is 3.53. The van der Waals surface area contributed by atoms with Gasteiger partial charge in [0, 0.05) is 26.2 Å². The number of benzene rings is 2. The first-order valence-corrected chi connectivity index (χ1v) is 13.1. The number of fused-ring (bicyclic) bond motifs is 2. The standard InChI is InChI=1S/C27H31ClN6O3/c1-33-20-9-4-10-21(37-2)24(20)32-25(33)19(8-5-13-30-22(29)14-28)31-26(35)18-7-3-6-16-15-34(17-11-12-17)27(36)23(16)18/h3-4,6-7,9-10,17,19H,5,8,11-15H2,1-2H3,(H2,29,30)(H,31,35)/t19-/m0/s1. The van der Waals surface area contributed by atoms with Crippen LogP contribution in [0.2, 0.25) is 0 Å². The Morgan fingerprint density at radius 2 is 2.05 bits per heavy atom. The van der Waals surface area contributed by atoms with Crippen LogP contribution >= 0.6 is 11.6 Å². The molecule has 3 N–H and O–H groups in total. The van der Waals surface area contributed by atoms with E-state index >= 15 is 0 Å². The van der Waals surface area contributed by atoms with Crippen molar-refractivity contribution in [1.82, 2.24) is 25.1 Å². The number of hydrogen-bond acceptors (Lipinski definition) is 5. The molecule has 37 heavy (non-hydrogen) atoms. The molecule has 0 saturated heterocycles. The van der Waals surface area contributed by atoms with Crippen molar-refractivity contribution in [1.29, 1.82) is 5.41 Å². The van der Waals surface area contributed by atoms with E-state index in [9.17, 15) is 9.59 Å². The number of nitrogens with one attached hydrogen (secondary N) is 3. The number of alkyl halides is 1. The third kappa shape index (κ3) is 4.87. The first kappa shape index (κ1) is 25.1. The molecule has 1 atom stereocenters. The number of aryl methyl sites for hydroxylation is 1. The van der Waals surface area contributed by atoms with Crippen LogP contribution in [0.4, 0.5) is 0 Å². The van der Waals surface area contributed by atoms with Crippen LogP contribution in [0.5, 0.6) is 5.75 Å². The number of para-hydroxylation sites is 1. The van der Waals surface area contributed by atoms with Gasteiger partial charge in [0.1, 0.15) is 22.9 Å². The molecule has 0 radical (unpaired) electrons. The van der Waals surface area contributed by atoms with Gasteiger partial charge in [0.05, 0.1) is 35.7 Å². The Bertz CT molecular complexity index is 1370. The molecule has 3 aromatic rings. The van der Waals surface area contributed by atoms with Gasteiger partial charge in [-0.3, -0.25) is 15.0 Å². The molecule has 5 rings (SSSR count). The number of carbonyl (C=O) groups is 2. The number of amidine groups is 1. The molecule has 0 unspecified atom stereocenters. The molecule has 194 valence electrons. The topological polar surface area (TPSA) is 112 Å². The average molecular weight is 523 g/mol. The maximum Gasteiger partial charge on any atom is 0.255 e. The molecule has 1 saturated carbocycles. The summed E-state index contributed by atoms with van der Waals surface area (Å²) in [5.41, 5.74) is 3.42. The number of imidazole rings is 1. The largest absolute Gasteiger partial charge is 0.494 e. The number of hydrogen-bond donors (Lipinski definition) is 3. The molecular weight excluding hydrogens is 492 g/mol. The van der Waals surface area contributed by atoms with Gasteiger partial charge >= 0.3 is 0 Å². The minimum atomic E-state index is -0.423. The molecule has 2 aromatic carbocycles. The quantitative estimate of drug-likeness (QED) is 0.162. The monoisotopic (exact) mass is 522 g/mol. The maximum atomic E-state index is 13.7. The van der Waals surface area contributed by atoms with Gasteiger partial charge in [-0.15, -0.1) is 11.6 Å². The van der Waals surface area contributed by atoms with Gasteiger partial charge in [-0.1, -0.05) is 18.2 Å². The number of nitrogens with zero attached hydrogens (tertiary/aromatic N) is 3. The molecule has 2 heterocycles. The first-order chi connectivity index (χ1) is 17.9. The fourth-order valence-electron chi connectivity index (χ4n) is 5.03. The summed E-state index contributed by atoms with van der Waals surface area (Å²) in [4.78, 5) is 33.6. The van der Waals surface area contributed by atoms with Crippen molar-refractivity contribution in [2.45, 2.75) is 44.3 Å². The predicted molar refractivity (Wildman–Crippen MR) is 142 cm³/mol. The lowest BCUT2D eigenvalue weighted by molar-refractivity contribution is 0.0760. The van der Waals surface area contributed by atoms with Gasteiger partial charge in [0.25, 0.3) is 11.8 Å². The Balaban J connectivity index is 1.43. The van der Waals surface area contributed by atoms with E-state index in [0.717, 1.165) is 29.4 Å². The minimum absolute atomic E-state index is 0.0592. The normalized spacial score (nSPS) is 15.5. The fraction of sp³-hybridized carbons (Fsp3) is 0.407. The van der Waals surface area contributed by atoms with E-state index in [1.807, 2.05) is 46.8 Å². The van der Waals surface area contributed by atoms with Crippen LogP contribution in [-0.4, -0.2) is 57.7 Å². The number of carbonyl (C=O) groups excluding carboxylic acids is 2. The Hall–Kier alpha value is -3.59. The first-order valence-electron chi connectivity index (χ1n) is 12.5. The van der Waals surface area contributed by atoms with E-state index in [4.69, 9.17) is 26.7 Å². The molecule has 1 aliphatic carbocycles. The van der Waals surface area contributed by atoms with Crippen LogP contribution in [-0.2, 0) is 13.6 Å². The second-order valence-corrected chi connectivity index (χ2v) is 9.84. The second-order valence-electron chi connectivity index (χ2n) is 9.57. The molecule has 0 bridgehead atoms. The zero-order chi connectivity index (χ0) is 26.1. The van der Waals surface area contributed by atoms with E-state index in [0.29, 0.717) is 48.6 Å². The fourth-order valence-corrected chi connectivity index (χ4v) is 5.13. The summed E-state index contributed by atoms with van der Waals surface area (Å²) in [6.45, 7) is 1.10. The summed E-state index contributed by atoms with van der Waals surface area (Å²) < 4.78 is 7.47. The molecule has 9 nitrogen and oxygen atoms in total. The molecule has 1 aliphatic heterocycles. The lowest BCUT2D eigenvalue weighted by Crippen LogP contribution is -2.33. The second kappa shape index (κ2) is 10.4. The van der Waals surface area contributed by atoms with Crippen molar-refractivity contribution in [3.05, 3.63) is 58.9 Å². The van der Waals surface area contributed by atoms with Gasteiger partial charge in [-0.05, 0) is 49.4 Å². The number of halogens is 1. The number of ether oxygens (including phenoxy) is 1. The Morgan fingerprint density at radius 3 is 2.78 bits per heavy atom. The lowest BCUT2D eigenvalue weighted by Gasteiger charge is -2.20. The summed E-state index contributed by atoms with van der Waals surface area (Å²) in [5.74, 6) is 1.38. The predicted octanol–water partition coefficient (Wildman–Crippen LogP) is 3.76. The molecular formula is C27H31ClN6O3. The van der Waals surface area contributed by atoms with Crippen molar-refractivity contribution in [2.75, 3.05) is 19.5 Å². The van der Waals surface area contributed by atoms with Crippen LogP contribution in [0.15, 0.2) is 36.4 Å². The van der Waals surface area contributed by atoms with Gasteiger partial charge < -0.3 is 24.8 Å². The zero-order valence-electron chi connectivity index (χ0n) is 21.0. The average Bonchev–Trinajstić information content (AvgIpc) is 3.63. The summed E-state index contributed by atoms with van der Waals surface area (Å²) in [6, 6.07) is 11.1. The number of aromatic nitrogens is 2. The van der Waals surface area contributed by atoms with E-state index in [1.54, 1.807) is 13.2 Å². The van der Waals surface area contributed by atoms with E-state index in [2.05, 4.69) is 10.6 Å². The summed E-state index contributed by atoms with van der Waals surface area (Å²) in [5, 5.41) is 13.9. The Kier molecular flexibility index (Phi) is 7.06. The van der Waals surface area contributed by atoms with Crippen molar-refractivity contribution >= 4 is 40.3 Å². The maximum absolute atomic E-state index is 13.7.